The number of nitrogens with one attached hydrogen (secondary N) is 1. The first-order valence-corrected chi connectivity index (χ1v) is 5.21. The molecule has 1 N–H and O–H groups in total. The van der Waals surface area contributed by atoms with E-state index in [0.717, 1.165) is 38.3 Å². The zero-order valence-corrected chi connectivity index (χ0v) is 7.56. The minimum absolute atomic E-state index is 0.496. The second-order valence-electron chi connectivity index (χ2n) is 4.28. The summed E-state index contributed by atoms with van der Waals surface area (Å²) < 4.78 is 13.1. The molecule has 3 unspecified atom stereocenters. The molecule has 2 aliphatic rings. The average molecular weight is 171 g/mol. The van der Waals surface area contributed by atoms with Gasteiger partial charge in [-0.2, -0.15) is 0 Å². The Kier molecular flexibility index (Phi) is 2.64. The Morgan fingerprint density at radius 1 is 1.08 bits per heavy atom. The van der Waals surface area contributed by atoms with E-state index in [4.69, 9.17) is 0 Å². The van der Waals surface area contributed by atoms with Crippen molar-refractivity contribution in [3.05, 3.63) is 0 Å². The summed E-state index contributed by atoms with van der Waals surface area (Å²) in [6, 6.07) is 0. The largest absolute Gasteiger partial charge is 0.316 e. The Hall–Kier alpha value is -0.110. The number of rotatable bonds is 1. The molecule has 0 spiro atoms. The third-order valence-corrected chi connectivity index (χ3v) is 3.42. The molecule has 2 heteroatoms. The predicted molar refractivity (Wildman–Crippen MR) is 47.8 cm³/mol. The summed E-state index contributed by atoms with van der Waals surface area (Å²) in [6.45, 7) is 2.29. The molecule has 1 saturated carbocycles. The Morgan fingerprint density at radius 2 is 2.00 bits per heavy atom. The molecule has 70 valence electrons. The molecule has 1 aliphatic carbocycles. The minimum Gasteiger partial charge on any atom is -0.316 e. The van der Waals surface area contributed by atoms with Crippen LogP contribution >= 0.6 is 0 Å². The molecule has 0 aromatic rings. The summed E-state index contributed by atoms with van der Waals surface area (Å²) in [4.78, 5) is 0. The third-order valence-electron chi connectivity index (χ3n) is 3.42. The van der Waals surface area contributed by atoms with E-state index in [1.165, 1.54) is 12.8 Å². The van der Waals surface area contributed by atoms with Crippen LogP contribution in [0.3, 0.4) is 0 Å². The van der Waals surface area contributed by atoms with Crippen molar-refractivity contribution in [1.82, 2.24) is 5.32 Å². The van der Waals surface area contributed by atoms with Crippen LogP contribution in [-0.4, -0.2) is 19.3 Å². The fourth-order valence-corrected chi connectivity index (χ4v) is 2.67. The number of alkyl halides is 1. The van der Waals surface area contributed by atoms with E-state index in [-0.39, 0.29) is 0 Å². The lowest BCUT2D eigenvalue weighted by molar-refractivity contribution is 0.161. The monoisotopic (exact) mass is 171 g/mol. The maximum atomic E-state index is 13.1. The normalized spacial score (nSPS) is 43.2. The van der Waals surface area contributed by atoms with Crippen LogP contribution < -0.4 is 5.32 Å². The van der Waals surface area contributed by atoms with Gasteiger partial charge in [0, 0.05) is 0 Å². The van der Waals surface area contributed by atoms with Gasteiger partial charge in [-0.15, -0.1) is 0 Å². The van der Waals surface area contributed by atoms with E-state index >= 15 is 0 Å². The van der Waals surface area contributed by atoms with Gasteiger partial charge in [0.1, 0.15) is 6.17 Å². The van der Waals surface area contributed by atoms with Crippen molar-refractivity contribution >= 4 is 0 Å². The maximum absolute atomic E-state index is 13.1. The van der Waals surface area contributed by atoms with Gasteiger partial charge in [-0.25, -0.2) is 4.39 Å². The fourth-order valence-electron chi connectivity index (χ4n) is 2.67. The highest BCUT2D eigenvalue weighted by Crippen LogP contribution is 2.34. The van der Waals surface area contributed by atoms with Gasteiger partial charge in [-0.05, 0) is 50.6 Å². The molecule has 0 radical (unpaired) electrons. The summed E-state index contributed by atoms with van der Waals surface area (Å²) in [7, 11) is 0. The Morgan fingerprint density at radius 3 is 2.67 bits per heavy atom. The molecule has 3 atom stereocenters. The van der Waals surface area contributed by atoms with Gasteiger partial charge in [0.05, 0.1) is 0 Å². The summed E-state index contributed by atoms with van der Waals surface area (Å²) in [5.41, 5.74) is 0. The second-order valence-corrected chi connectivity index (χ2v) is 4.28. The molecule has 0 aromatic heterocycles. The molecular formula is C10H18FN. The summed E-state index contributed by atoms with van der Waals surface area (Å²) in [5.74, 6) is 1.47. The van der Waals surface area contributed by atoms with Gasteiger partial charge < -0.3 is 5.32 Å². The highest BCUT2D eigenvalue weighted by molar-refractivity contribution is 4.82. The zero-order valence-electron chi connectivity index (χ0n) is 7.56. The molecule has 1 nitrogen and oxygen atoms in total. The van der Waals surface area contributed by atoms with Crippen LogP contribution in [0.5, 0.6) is 0 Å². The van der Waals surface area contributed by atoms with E-state index in [2.05, 4.69) is 5.32 Å². The molecule has 12 heavy (non-hydrogen) atoms. The van der Waals surface area contributed by atoms with Crippen molar-refractivity contribution in [1.29, 1.82) is 0 Å². The van der Waals surface area contributed by atoms with Gasteiger partial charge in [0.25, 0.3) is 0 Å². The van der Waals surface area contributed by atoms with Gasteiger partial charge in [-0.1, -0.05) is 6.42 Å². The summed E-state index contributed by atoms with van der Waals surface area (Å²) >= 11 is 0. The van der Waals surface area contributed by atoms with Gasteiger partial charge in [-0.3, -0.25) is 0 Å². The fraction of sp³-hybridized carbons (Fsp3) is 1.00. The van der Waals surface area contributed by atoms with Gasteiger partial charge in [0.15, 0.2) is 0 Å². The SMILES string of the molecule is FC1CCCC(C2CCNC2)C1. The van der Waals surface area contributed by atoms with Crippen LogP contribution in [0.15, 0.2) is 0 Å². The third kappa shape index (κ3) is 1.79. The Labute approximate surface area is 73.7 Å². The van der Waals surface area contributed by atoms with Crippen LogP contribution in [0.1, 0.15) is 32.1 Å². The minimum atomic E-state index is -0.496. The lowest BCUT2D eigenvalue weighted by atomic mass is 9.79. The van der Waals surface area contributed by atoms with Crippen molar-refractivity contribution < 1.29 is 4.39 Å². The lowest BCUT2D eigenvalue weighted by Crippen LogP contribution is -2.25. The van der Waals surface area contributed by atoms with Crippen LogP contribution in [0.2, 0.25) is 0 Å². The second kappa shape index (κ2) is 3.73. The van der Waals surface area contributed by atoms with Crippen molar-refractivity contribution in [3.8, 4) is 0 Å². The average Bonchev–Trinajstić information content (AvgIpc) is 2.56. The summed E-state index contributed by atoms with van der Waals surface area (Å²) in [6.07, 6.45) is 4.82. The molecule has 0 bridgehead atoms. The Bertz CT molecular complexity index is 143. The standard InChI is InChI=1S/C10H18FN/c11-10-3-1-2-8(6-10)9-4-5-12-7-9/h8-10,12H,1-7H2. The Balaban J connectivity index is 1.85. The zero-order chi connectivity index (χ0) is 8.39. The first kappa shape index (κ1) is 8.49. The highest BCUT2D eigenvalue weighted by Gasteiger charge is 2.29. The number of hydrogen-bond acceptors (Lipinski definition) is 1. The van der Waals surface area contributed by atoms with E-state index in [0.29, 0.717) is 5.92 Å². The van der Waals surface area contributed by atoms with E-state index in [1.54, 1.807) is 0 Å². The molecule has 1 aliphatic heterocycles. The molecule has 1 heterocycles. The van der Waals surface area contributed by atoms with Crippen molar-refractivity contribution in [3.63, 3.8) is 0 Å². The van der Waals surface area contributed by atoms with Crippen molar-refractivity contribution in [2.45, 2.75) is 38.3 Å². The smallest absolute Gasteiger partial charge is 0.100 e. The number of halogens is 1. The van der Waals surface area contributed by atoms with Gasteiger partial charge in [0.2, 0.25) is 0 Å². The molecule has 0 amide bonds. The number of hydrogen-bond donors (Lipinski definition) is 1. The maximum Gasteiger partial charge on any atom is 0.100 e. The molecule has 2 rings (SSSR count). The van der Waals surface area contributed by atoms with E-state index in [1.807, 2.05) is 0 Å². The van der Waals surface area contributed by atoms with Crippen molar-refractivity contribution in [2.75, 3.05) is 13.1 Å². The van der Waals surface area contributed by atoms with Crippen LogP contribution in [0, 0.1) is 11.8 Å². The molecule has 0 aromatic carbocycles. The topological polar surface area (TPSA) is 12.0 Å². The highest BCUT2D eigenvalue weighted by atomic mass is 19.1. The molecular weight excluding hydrogens is 153 g/mol. The van der Waals surface area contributed by atoms with Crippen LogP contribution in [0.4, 0.5) is 4.39 Å². The van der Waals surface area contributed by atoms with Crippen LogP contribution in [0.25, 0.3) is 0 Å². The predicted octanol–water partition coefficient (Wildman–Crippen LogP) is 2.12. The molecule has 1 saturated heterocycles. The first-order valence-electron chi connectivity index (χ1n) is 5.21. The quantitative estimate of drug-likeness (QED) is 0.637. The first-order chi connectivity index (χ1) is 5.86. The van der Waals surface area contributed by atoms with E-state index < -0.39 is 6.17 Å². The van der Waals surface area contributed by atoms with Crippen molar-refractivity contribution in [2.24, 2.45) is 11.8 Å². The molecule has 2 fully saturated rings. The van der Waals surface area contributed by atoms with Gasteiger partial charge >= 0.3 is 0 Å². The van der Waals surface area contributed by atoms with E-state index in [9.17, 15) is 4.39 Å². The summed E-state index contributed by atoms with van der Waals surface area (Å²) in [5, 5.41) is 3.36. The lowest BCUT2D eigenvalue weighted by Gasteiger charge is -2.28. The van der Waals surface area contributed by atoms with Crippen LogP contribution in [-0.2, 0) is 0 Å².